The second-order valence-corrected chi connectivity index (χ2v) is 10.3. The summed E-state index contributed by atoms with van der Waals surface area (Å²) < 4.78 is 5.58. The lowest BCUT2D eigenvalue weighted by Crippen LogP contribution is -2.43. The molecule has 6 nitrogen and oxygen atoms in total. The van der Waals surface area contributed by atoms with Crippen molar-refractivity contribution in [3.8, 4) is 0 Å². The molecular weight excluding hydrogens is 398 g/mol. The zero-order valence-electron chi connectivity index (χ0n) is 18.5. The third kappa shape index (κ3) is 3.69. The number of carbonyl (C=O) groups excluding carboxylic acids is 2. The minimum absolute atomic E-state index is 0.0422. The number of likely N-dealkylation sites (tertiary alicyclic amines) is 2. The van der Waals surface area contributed by atoms with Crippen molar-refractivity contribution >= 4 is 23.2 Å². The average molecular weight is 430 g/mol. The number of carbonyl (C=O) groups is 2. The van der Waals surface area contributed by atoms with Crippen LogP contribution in [0.25, 0.3) is 0 Å². The summed E-state index contributed by atoms with van der Waals surface area (Å²) in [6.07, 6.45) is 0.953. The Bertz CT molecular complexity index is 963. The Morgan fingerprint density at radius 1 is 1.17 bits per heavy atom. The van der Waals surface area contributed by atoms with E-state index in [4.69, 9.17) is 4.42 Å². The van der Waals surface area contributed by atoms with Gasteiger partial charge in [0.15, 0.2) is 0 Å². The number of aryl methyl sites for hydroxylation is 3. The maximum absolute atomic E-state index is 13.2. The molecule has 2 amide bonds. The van der Waals surface area contributed by atoms with Crippen LogP contribution in [-0.4, -0.2) is 73.3 Å². The molecule has 2 atom stereocenters. The van der Waals surface area contributed by atoms with Gasteiger partial charge in [0.05, 0.1) is 10.4 Å². The highest BCUT2D eigenvalue weighted by Gasteiger charge is 2.54. The molecule has 0 bridgehead atoms. The zero-order valence-corrected chi connectivity index (χ0v) is 19.3. The van der Waals surface area contributed by atoms with Crippen LogP contribution in [0.15, 0.2) is 22.6 Å². The number of nitrogens with zero attached hydrogens (tertiary/aromatic N) is 3. The smallest absolute Gasteiger partial charge is 0.263 e. The number of rotatable bonds is 5. The number of amides is 2. The average Bonchev–Trinajstić information content (AvgIpc) is 3.41. The summed E-state index contributed by atoms with van der Waals surface area (Å²) >= 11 is 1.60. The molecule has 0 unspecified atom stereocenters. The predicted molar refractivity (Wildman–Crippen MR) is 118 cm³/mol. The summed E-state index contributed by atoms with van der Waals surface area (Å²) in [7, 11) is 4.13. The number of hydrogen-bond acceptors (Lipinski definition) is 5. The zero-order chi connectivity index (χ0) is 21.6. The van der Waals surface area contributed by atoms with Gasteiger partial charge < -0.3 is 19.1 Å². The molecule has 0 spiro atoms. The Balaban J connectivity index is 1.54. The van der Waals surface area contributed by atoms with Crippen LogP contribution in [0.3, 0.4) is 0 Å². The molecule has 4 rings (SSSR count). The third-order valence-corrected chi connectivity index (χ3v) is 7.67. The van der Waals surface area contributed by atoms with Gasteiger partial charge >= 0.3 is 0 Å². The van der Waals surface area contributed by atoms with Crippen LogP contribution in [0.5, 0.6) is 0 Å². The van der Waals surface area contributed by atoms with Gasteiger partial charge in [-0.05, 0) is 52.6 Å². The van der Waals surface area contributed by atoms with Gasteiger partial charge in [-0.3, -0.25) is 9.59 Å². The number of furan rings is 1. The molecule has 2 aromatic heterocycles. The van der Waals surface area contributed by atoms with Crippen LogP contribution in [0.1, 0.15) is 43.4 Å². The van der Waals surface area contributed by atoms with Crippen molar-refractivity contribution in [1.29, 1.82) is 0 Å². The monoisotopic (exact) mass is 429 g/mol. The van der Waals surface area contributed by atoms with Crippen molar-refractivity contribution in [2.45, 2.75) is 27.2 Å². The highest BCUT2D eigenvalue weighted by molar-refractivity contribution is 7.14. The fraction of sp³-hybridized carbons (Fsp3) is 0.565. The maximum atomic E-state index is 13.2. The van der Waals surface area contributed by atoms with Crippen LogP contribution in [0, 0.1) is 25.2 Å². The minimum Gasteiger partial charge on any atom is -0.466 e. The molecule has 2 fully saturated rings. The van der Waals surface area contributed by atoms with Crippen LogP contribution in [-0.2, 0) is 6.42 Å². The van der Waals surface area contributed by atoms with Crippen LogP contribution < -0.4 is 0 Å². The highest BCUT2D eigenvalue weighted by atomic mass is 32.1. The normalized spacial score (nSPS) is 23.5. The largest absolute Gasteiger partial charge is 0.466 e. The lowest BCUT2D eigenvalue weighted by atomic mass is 9.80. The van der Waals surface area contributed by atoms with Crippen LogP contribution in [0.4, 0.5) is 0 Å². The predicted octanol–water partition coefficient (Wildman–Crippen LogP) is 3.30. The van der Waals surface area contributed by atoms with E-state index < -0.39 is 0 Å². The minimum atomic E-state index is -0.0909. The van der Waals surface area contributed by atoms with E-state index in [1.807, 2.05) is 35.8 Å². The number of hydrogen-bond donors (Lipinski definition) is 0. The van der Waals surface area contributed by atoms with E-state index in [0.29, 0.717) is 37.5 Å². The summed E-state index contributed by atoms with van der Waals surface area (Å²) in [4.78, 5) is 34.6. The van der Waals surface area contributed by atoms with Gasteiger partial charge in [0.2, 0.25) is 0 Å². The van der Waals surface area contributed by atoms with Gasteiger partial charge in [0.25, 0.3) is 11.8 Å². The molecule has 0 aliphatic carbocycles. The summed E-state index contributed by atoms with van der Waals surface area (Å²) in [6.45, 7) is 9.45. The van der Waals surface area contributed by atoms with Gasteiger partial charge in [-0.25, -0.2) is 0 Å². The molecule has 2 aromatic rings. The Kier molecular flexibility index (Phi) is 5.53. The standard InChI is InChI=1S/C23H31N3O3S/c1-6-18-7-8-20(30-18)22(28)26-11-17-10-25(13-23(17,14-26)12-24(4)5)21(27)19-9-15(2)29-16(19)3/h7-9,17H,6,10-14H2,1-5H3/t17-,23+/m1/s1. The van der Waals surface area contributed by atoms with Crippen LogP contribution >= 0.6 is 11.3 Å². The Morgan fingerprint density at radius 3 is 2.37 bits per heavy atom. The van der Waals surface area contributed by atoms with Crippen molar-refractivity contribution in [2.24, 2.45) is 11.3 Å². The van der Waals surface area contributed by atoms with Crippen molar-refractivity contribution in [2.75, 3.05) is 46.8 Å². The molecule has 2 saturated heterocycles. The summed E-state index contributed by atoms with van der Waals surface area (Å²) in [6, 6.07) is 5.85. The molecule has 2 aliphatic heterocycles. The lowest BCUT2D eigenvalue weighted by Gasteiger charge is -2.32. The van der Waals surface area contributed by atoms with Crippen LogP contribution in [0.2, 0.25) is 0 Å². The molecule has 2 aliphatic rings. The van der Waals surface area contributed by atoms with E-state index in [0.717, 1.165) is 23.6 Å². The second kappa shape index (κ2) is 7.85. The first-order valence-electron chi connectivity index (χ1n) is 10.6. The molecule has 0 N–H and O–H groups in total. The molecule has 162 valence electrons. The maximum Gasteiger partial charge on any atom is 0.263 e. The third-order valence-electron chi connectivity index (χ3n) is 6.46. The van der Waals surface area contributed by atoms with Gasteiger partial charge in [0, 0.05) is 48.9 Å². The van der Waals surface area contributed by atoms with Crippen molar-refractivity contribution in [3.63, 3.8) is 0 Å². The quantitative estimate of drug-likeness (QED) is 0.732. The molecule has 7 heteroatoms. The molecular formula is C23H31N3O3S. The number of fused-ring (bicyclic) bond motifs is 1. The van der Waals surface area contributed by atoms with E-state index >= 15 is 0 Å². The second-order valence-electron chi connectivity index (χ2n) is 9.11. The van der Waals surface area contributed by atoms with E-state index in [1.54, 1.807) is 11.3 Å². The Labute approximate surface area is 182 Å². The highest BCUT2D eigenvalue weighted by Crippen LogP contribution is 2.44. The van der Waals surface area contributed by atoms with Gasteiger partial charge in [-0.2, -0.15) is 0 Å². The van der Waals surface area contributed by atoms with Crippen molar-refractivity contribution in [3.05, 3.63) is 45.0 Å². The van der Waals surface area contributed by atoms with E-state index in [1.165, 1.54) is 4.88 Å². The first kappa shape index (κ1) is 21.1. The Morgan fingerprint density at radius 2 is 1.83 bits per heavy atom. The van der Waals surface area contributed by atoms with E-state index in [-0.39, 0.29) is 23.1 Å². The number of thiophene rings is 1. The van der Waals surface area contributed by atoms with Crippen molar-refractivity contribution < 1.29 is 14.0 Å². The van der Waals surface area contributed by atoms with Crippen molar-refractivity contribution in [1.82, 2.24) is 14.7 Å². The first-order valence-corrected chi connectivity index (χ1v) is 11.4. The topological polar surface area (TPSA) is 57.0 Å². The molecule has 30 heavy (non-hydrogen) atoms. The van der Waals surface area contributed by atoms with Gasteiger partial charge in [-0.1, -0.05) is 6.92 Å². The fourth-order valence-corrected chi connectivity index (χ4v) is 6.11. The first-order chi connectivity index (χ1) is 14.2. The lowest BCUT2D eigenvalue weighted by molar-refractivity contribution is 0.0703. The SMILES string of the molecule is CCc1ccc(C(=O)N2C[C@H]3CN(C(=O)c4cc(C)oc4C)C[C@@]3(CN(C)C)C2)s1. The summed E-state index contributed by atoms with van der Waals surface area (Å²) in [5, 5.41) is 0. The Hall–Kier alpha value is -2.12. The van der Waals surface area contributed by atoms with E-state index in [9.17, 15) is 9.59 Å². The summed E-state index contributed by atoms with van der Waals surface area (Å²) in [5.74, 6) is 1.90. The van der Waals surface area contributed by atoms with E-state index in [2.05, 4.69) is 32.0 Å². The molecule has 0 aromatic carbocycles. The molecule has 4 heterocycles. The van der Waals surface area contributed by atoms with Gasteiger partial charge in [0.1, 0.15) is 11.5 Å². The molecule has 0 radical (unpaired) electrons. The van der Waals surface area contributed by atoms with Gasteiger partial charge in [-0.15, -0.1) is 11.3 Å². The fourth-order valence-electron chi connectivity index (χ4n) is 5.20. The molecule has 0 saturated carbocycles. The summed E-state index contributed by atoms with van der Waals surface area (Å²) in [5.41, 5.74) is 0.567.